The van der Waals surface area contributed by atoms with Crippen LogP contribution in [0.15, 0.2) is 16.5 Å². The molecule has 78 valence electrons. The molecule has 1 rings (SSSR count). The van der Waals surface area contributed by atoms with Crippen molar-refractivity contribution in [2.75, 3.05) is 13.6 Å². The Labute approximate surface area is 96.1 Å². The second kappa shape index (κ2) is 4.84. The fraction of sp³-hybridized carbons (Fsp3) is 0.444. The summed E-state index contributed by atoms with van der Waals surface area (Å²) in [5.74, 6) is 0.105. The maximum atomic E-state index is 11.6. The molecule has 1 amide bonds. The molecule has 0 fully saturated rings. The molecule has 0 saturated carbocycles. The van der Waals surface area contributed by atoms with Crippen LogP contribution in [-0.4, -0.2) is 29.2 Å². The van der Waals surface area contributed by atoms with E-state index in [1.54, 1.807) is 24.1 Å². The molecule has 0 radical (unpaired) electrons. The molecule has 0 aliphatic rings. The third kappa shape index (κ3) is 3.03. The summed E-state index contributed by atoms with van der Waals surface area (Å²) in [6, 6.07) is 3.13. The largest absolute Gasteiger partial charge is 0.440 e. The fourth-order valence-electron chi connectivity index (χ4n) is 1.08. The van der Waals surface area contributed by atoms with Crippen LogP contribution in [0.3, 0.4) is 0 Å². The average Bonchev–Trinajstić information content (AvgIpc) is 2.49. The van der Waals surface area contributed by atoms with Crippen molar-refractivity contribution in [1.82, 2.24) is 4.90 Å². The summed E-state index contributed by atoms with van der Waals surface area (Å²) in [6.07, 6.45) is 0. The van der Waals surface area contributed by atoms with E-state index in [9.17, 15) is 4.79 Å². The molecule has 0 aliphatic heterocycles. The number of carbonyl (C=O) groups is 1. The summed E-state index contributed by atoms with van der Waals surface area (Å²) < 4.78 is 5.01. The predicted octanol–water partition coefficient (Wildman–Crippen LogP) is 2.79. The lowest BCUT2D eigenvalue weighted by molar-refractivity contribution is 0.0766. The van der Waals surface area contributed by atoms with Gasteiger partial charge in [-0.25, -0.2) is 0 Å². The SMILES string of the molecule is CC(Br)CN(C)C(=O)c1ccc(Cl)o1. The maximum Gasteiger partial charge on any atom is 0.289 e. The van der Waals surface area contributed by atoms with Crippen molar-refractivity contribution >= 4 is 33.4 Å². The first-order chi connectivity index (χ1) is 6.50. The Morgan fingerprint density at radius 1 is 1.71 bits per heavy atom. The first kappa shape index (κ1) is 11.6. The third-order valence-electron chi connectivity index (χ3n) is 1.66. The lowest BCUT2D eigenvalue weighted by Crippen LogP contribution is -2.30. The van der Waals surface area contributed by atoms with Crippen LogP contribution in [0, 0.1) is 0 Å². The van der Waals surface area contributed by atoms with Gasteiger partial charge in [-0.3, -0.25) is 4.79 Å². The van der Waals surface area contributed by atoms with Crippen LogP contribution in [0.4, 0.5) is 0 Å². The van der Waals surface area contributed by atoms with E-state index in [2.05, 4.69) is 15.9 Å². The summed E-state index contributed by atoms with van der Waals surface area (Å²) in [7, 11) is 1.72. The third-order valence-corrected chi connectivity index (χ3v) is 2.15. The normalized spacial score (nSPS) is 12.6. The summed E-state index contributed by atoms with van der Waals surface area (Å²) in [5, 5.41) is 0.230. The van der Waals surface area contributed by atoms with E-state index in [4.69, 9.17) is 16.0 Å². The number of hydrogen-bond donors (Lipinski definition) is 0. The zero-order valence-corrected chi connectivity index (χ0v) is 10.3. The van der Waals surface area contributed by atoms with E-state index in [1.807, 2.05) is 6.92 Å². The Bertz CT molecular complexity index is 324. The Morgan fingerprint density at radius 2 is 2.36 bits per heavy atom. The van der Waals surface area contributed by atoms with Gasteiger partial charge < -0.3 is 9.32 Å². The van der Waals surface area contributed by atoms with Crippen molar-refractivity contribution in [3.63, 3.8) is 0 Å². The molecule has 1 aromatic rings. The van der Waals surface area contributed by atoms with Crippen LogP contribution < -0.4 is 0 Å². The second-order valence-electron chi connectivity index (χ2n) is 3.07. The van der Waals surface area contributed by atoms with E-state index < -0.39 is 0 Å². The predicted molar refractivity (Wildman–Crippen MR) is 59.1 cm³/mol. The van der Waals surface area contributed by atoms with E-state index in [0.717, 1.165) is 0 Å². The summed E-state index contributed by atoms with van der Waals surface area (Å²) in [4.78, 5) is 13.5. The van der Waals surface area contributed by atoms with Gasteiger partial charge in [-0.1, -0.05) is 22.9 Å². The minimum atomic E-state index is -0.164. The summed E-state index contributed by atoms with van der Waals surface area (Å²) in [5.41, 5.74) is 0. The van der Waals surface area contributed by atoms with Crippen molar-refractivity contribution in [2.45, 2.75) is 11.8 Å². The van der Waals surface area contributed by atoms with E-state index >= 15 is 0 Å². The molecule has 1 aromatic heterocycles. The Hall–Kier alpha value is -0.480. The molecular formula is C9H11BrClNO2. The lowest BCUT2D eigenvalue weighted by atomic mass is 10.3. The highest BCUT2D eigenvalue weighted by Crippen LogP contribution is 2.15. The molecular weight excluding hydrogens is 269 g/mol. The highest BCUT2D eigenvalue weighted by Gasteiger charge is 2.16. The van der Waals surface area contributed by atoms with Gasteiger partial charge in [0.25, 0.3) is 5.91 Å². The zero-order chi connectivity index (χ0) is 10.7. The van der Waals surface area contributed by atoms with Crippen molar-refractivity contribution < 1.29 is 9.21 Å². The molecule has 0 aliphatic carbocycles. The Balaban J connectivity index is 2.65. The van der Waals surface area contributed by atoms with Gasteiger partial charge in [0.1, 0.15) is 0 Å². The van der Waals surface area contributed by atoms with Gasteiger partial charge in [-0.2, -0.15) is 0 Å². The fourth-order valence-corrected chi connectivity index (χ4v) is 1.66. The van der Waals surface area contributed by atoms with E-state index in [0.29, 0.717) is 6.54 Å². The molecule has 0 N–H and O–H groups in total. The number of amides is 1. The Morgan fingerprint density at radius 3 is 2.79 bits per heavy atom. The van der Waals surface area contributed by atoms with Crippen LogP contribution in [0.25, 0.3) is 0 Å². The molecule has 5 heteroatoms. The average molecular weight is 281 g/mol. The van der Waals surface area contributed by atoms with Gasteiger partial charge in [0.05, 0.1) is 0 Å². The van der Waals surface area contributed by atoms with Gasteiger partial charge in [-0.15, -0.1) is 0 Å². The summed E-state index contributed by atoms with van der Waals surface area (Å²) >= 11 is 8.94. The standard InChI is InChI=1S/C9H11BrClNO2/c1-6(10)5-12(2)9(13)7-3-4-8(11)14-7/h3-4,6H,5H2,1-2H3. The van der Waals surface area contributed by atoms with Crippen molar-refractivity contribution in [3.8, 4) is 0 Å². The number of alkyl halides is 1. The van der Waals surface area contributed by atoms with Crippen molar-refractivity contribution in [2.24, 2.45) is 0 Å². The molecule has 3 nitrogen and oxygen atoms in total. The van der Waals surface area contributed by atoms with Gasteiger partial charge >= 0.3 is 0 Å². The minimum absolute atomic E-state index is 0.164. The minimum Gasteiger partial charge on any atom is -0.440 e. The topological polar surface area (TPSA) is 33.5 Å². The molecule has 0 spiro atoms. The molecule has 14 heavy (non-hydrogen) atoms. The number of hydrogen-bond acceptors (Lipinski definition) is 2. The first-order valence-electron chi connectivity index (χ1n) is 4.15. The molecule has 1 heterocycles. The van der Waals surface area contributed by atoms with Gasteiger partial charge in [-0.05, 0) is 23.7 Å². The maximum absolute atomic E-state index is 11.6. The number of nitrogens with zero attached hydrogens (tertiary/aromatic N) is 1. The second-order valence-corrected chi connectivity index (χ2v) is 5.01. The number of carbonyl (C=O) groups excluding carboxylic acids is 1. The van der Waals surface area contributed by atoms with Gasteiger partial charge in [0.15, 0.2) is 11.0 Å². The Kier molecular flexibility index (Phi) is 4.01. The van der Waals surface area contributed by atoms with Crippen LogP contribution in [0.5, 0.6) is 0 Å². The van der Waals surface area contributed by atoms with E-state index in [-0.39, 0.29) is 21.7 Å². The molecule has 0 saturated heterocycles. The van der Waals surface area contributed by atoms with Crippen LogP contribution in [0.1, 0.15) is 17.5 Å². The molecule has 1 unspecified atom stereocenters. The van der Waals surface area contributed by atoms with Crippen LogP contribution >= 0.6 is 27.5 Å². The van der Waals surface area contributed by atoms with Crippen LogP contribution in [-0.2, 0) is 0 Å². The number of halogens is 2. The smallest absolute Gasteiger partial charge is 0.289 e. The van der Waals surface area contributed by atoms with E-state index in [1.165, 1.54) is 0 Å². The highest BCUT2D eigenvalue weighted by atomic mass is 79.9. The zero-order valence-electron chi connectivity index (χ0n) is 7.96. The van der Waals surface area contributed by atoms with Crippen molar-refractivity contribution in [1.29, 1.82) is 0 Å². The van der Waals surface area contributed by atoms with Crippen molar-refractivity contribution in [3.05, 3.63) is 23.1 Å². The molecule has 0 bridgehead atoms. The highest BCUT2D eigenvalue weighted by molar-refractivity contribution is 9.09. The van der Waals surface area contributed by atoms with Crippen LogP contribution in [0.2, 0.25) is 5.22 Å². The lowest BCUT2D eigenvalue weighted by Gasteiger charge is -2.16. The molecule has 1 atom stereocenters. The molecule has 0 aromatic carbocycles. The van der Waals surface area contributed by atoms with Gasteiger partial charge in [0, 0.05) is 18.4 Å². The number of rotatable bonds is 3. The summed E-state index contributed by atoms with van der Waals surface area (Å²) in [6.45, 7) is 2.59. The first-order valence-corrected chi connectivity index (χ1v) is 5.45. The monoisotopic (exact) mass is 279 g/mol. The van der Waals surface area contributed by atoms with Gasteiger partial charge in [0.2, 0.25) is 0 Å². The number of furan rings is 1. The quantitative estimate of drug-likeness (QED) is 0.798.